The smallest absolute Gasteiger partial charge is 0.243 e. The number of nitrogens with zero attached hydrogens (tertiary/aromatic N) is 4. The zero-order valence-corrected chi connectivity index (χ0v) is 15.4. The average Bonchev–Trinajstić information content (AvgIpc) is 2.99. The summed E-state index contributed by atoms with van der Waals surface area (Å²) in [7, 11) is -3.52. The van der Waals surface area contributed by atoms with Crippen LogP contribution in [0, 0.1) is 0 Å². The SMILES string of the molecule is CCc1ccc(S(=O)(=O)N2Cc3nnc(C(C)C)n3[C@@H](C)C2)cc1. The Morgan fingerprint density at radius 2 is 1.88 bits per heavy atom. The summed E-state index contributed by atoms with van der Waals surface area (Å²) in [6.45, 7) is 8.91. The first kappa shape index (κ1) is 17.1. The van der Waals surface area contributed by atoms with Crippen LogP contribution in [0.5, 0.6) is 0 Å². The molecule has 1 aromatic carbocycles. The molecule has 0 bridgehead atoms. The molecular weight excluding hydrogens is 324 g/mol. The van der Waals surface area contributed by atoms with Gasteiger partial charge in [-0.15, -0.1) is 10.2 Å². The number of hydrogen-bond acceptors (Lipinski definition) is 4. The quantitative estimate of drug-likeness (QED) is 0.852. The van der Waals surface area contributed by atoms with Gasteiger partial charge >= 0.3 is 0 Å². The first-order valence-electron chi connectivity index (χ1n) is 8.37. The van der Waals surface area contributed by atoms with Crippen molar-refractivity contribution in [2.75, 3.05) is 6.54 Å². The molecule has 0 unspecified atom stereocenters. The predicted octanol–water partition coefficient (Wildman–Crippen LogP) is 2.73. The van der Waals surface area contributed by atoms with Gasteiger partial charge in [-0.3, -0.25) is 0 Å². The van der Waals surface area contributed by atoms with Crippen LogP contribution in [0.3, 0.4) is 0 Å². The second kappa shape index (κ2) is 6.29. The van der Waals surface area contributed by atoms with E-state index in [9.17, 15) is 8.42 Å². The summed E-state index contributed by atoms with van der Waals surface area (Å²) in [5.41, 5.74) is 1.13. The van der Waals surface area contributed by atoms with Crippen LogP contribution < -0.4 is 0 Å². The van der Waals surface area contributed by atoms with Crippen LogP contribution in [0.4, 0.5) is 0 Å². The van der Waals surface area contributed by atoms with Crippen LogP contribution in [-0.2, 0) is 23.0 Å². The van der Waals surface area contributed by atoms with E-state index in [-0.39, 0.29) is 18.5 Å². The molecule has 0 radical (unpaired) electrons. The molecule has 0 amide bonds. The molecule has 0 N–H and O–H groups in total. The van der Waals surface area contributed by atoms with Gasteiger partial charge in [0.15, 0.2) is 0 Å². The largest absolute Gasteiger partial charge is 0.309 e. The molecule has 1 aliphatic heterocycles. The number of hydrogen-bond donors (Lipinski definition) is 0. The van der Waals surface area contributed by atoms with Gasteiger partial charge in [-0.2, -0.15) is 4.31 Å². The third-order valence-corrected chi connectivity index (χ3v) is 6.33. The highest BCUT2D eigenvalue weighted by molar-refractivity contribution is 7.89. The fraction of sp³-hybridized carbons (Fsp3) is 0.529. The fourth-order valence-corrected chi connectivity index (χ4v) is 4.62. The topological polar surface area (TPSA) is 68.1 Å². The lowest BCUT2D eigenvalue weighted by Gasteiger charge is -2.32. The van der Waals surface area contributed by atoms with Crippen molar-refractivity contribution < 1.29 is 8.42 Å². The number of aryl methyl sites for hydroxylation is 1. The summed E-state index contributed by atoms with van der Waals surface area (Å²) >= 11 is 0. The van der Waals surface area contributed by atoms with Crippen LogP contribution in [0.25, 0.3) is 0 Å². The van der Waals surface area contributed by atoms with E-state index in [1.54, 1.807) is 12.1 Å². The summed E-state index contributed by atoms with van der Waals surface area (Å²) < 4.78 is 29.5. The van der Waals surface area contributed by atoms with Crippen LogP contribution in [-0.4, -0.2) is 34.0 Å². The molecule has 0 aliphatic carbocycles. The Morgan fingerprint density at radius 3 is 2.46 bits per heavy atom. The molecule has 24 heavy (non-hydrogen) atoms. The highest BCUT2D eigenvalue weighted by Crippen LogP contribution is 2.29. The molecule has 7 heteroatoms. The van der Waals surface area contributed by atoms with Gasteiger partial charge in [-0.05, 0) is 31.0 Å². The molecular formula is C17H24N4O2S. The number of aromatic nitrogens is 3. The minimum absolute atomic E-state index is 0.0193. The van der Waals surface area contributed by atoms with E-state index < -0.39 is 10.0 Å². The Morgan fingerprint density at radius 1 is 1.21 bits per heavy atom. The molecule has 1 aliphatic rings. The molecule has 0 saturated carbocycles. The van der Waals surface area contributed by atoms with E-state index in [1.165, 1.54) is 4.31 Å². The summed E-state index contributed by atoms with van der Waals surface area (Å²) in [5.74, 6) is 1.89. The van der Waals surface area contributed by atoms with Crippen LogP contribution >= 0.6 is 0 Å². The maximum atomic E-state index is 13.0. The van der Waals surface area contributed by atoms with Gasteiger partial charge in [-0.1, -0.05) is 32.9 Å². The molecule has 0 spiro atoms. The second-order valence-electron chi connectivity index (χ2n) is 6.64. The van der Waals surface area contributed by atoms with Crippen molar-refractivity contribution >= 4 is 10.0 Å². The number of sulfonamides is 1. The number of rotatable bonds is 4. The van der Waals surface area contributed by atoms with Crippen molar-refractivity contribution in [1.29, 1.82) is 0 Å². The number of fused-ring (bicyclic) bond motifs is 1. The predicted molar refractivity (Wildman–Crippen MR) is 92.2 cm³/mol. The number of benzene rings is 1. The lowest BCUT2D eigenvalue weighted by Crippen LogP contribution is -2.40. The summed E-state index contributed by atoms with van der Waals surface area (Å²) in [6.07, 6.45) is 0.891. The van der Waals surface area contributed by atoms with Crippen molar-refractivity contribution in [3.63, 3.8) is 0 Å². The average molecular weight is 348 g/mol. The fourth-order valence-electron chi connectivity index (χ4n) is 3.15. The van der Waals surface area contributed by atoms with Gasteiger partial charge in [0.05, 0.1) is 11.4 Å². The zero-order valence-electron chi connectivity index (χ0n) is 14.6. The molecule has 1 aromatic heterocycles. The van der Waals surface area contributed by atoms with Crippen LogP contribution in [0.2, 0.25) is 0 Å². The molecule has 3 rings (SSSR count). The van der Waals surface area contributed by atoms with Gasteiger partial charge in [0.25, 0.3) is 0 Å². The Balaban J connectivity index is 1.92. The minimum Gasteiger partial charge on any atom is -0.309 e. The van der Waals surface area contributed by atoms with Gasteiger partial charge in [0, 0.05) is 18.5 Å². The Kier molecular flexibility index (Phi) is 4.48. The van der Waals surface area contributed by atoms with Gasteiger partial charge in [0.1, 0.15) is 11.6 Å². The molecule has 0 fully saturated rings. The summed E-state index contributed by atoms with van der Waals surface area (Å²) in [6, 6.07) is 7.15. The standard InChI is InChI=1S/C17H24N4O2S/c1-5-14-6-8-15(9-7-14)24(22,23)20-10-13(4)21-16(11-20)18-19-17(21)12(2)3/h6-9,12-13H,5,10-11H2,1-4H3/t13-/m0/s1. The lowest BCUT2D eigenvalue weighted by atomic mass is 10.1. The van der Waals surface area contributed by atoms with Crippen molar-refractivity contribution in [2.45, 2.75) is 57.5 Å². The molecule has 2 heterocycles. The summed E-state index contributed by atoms with van der Waals surface area (Å²) in [4.78, 5) is 0.337. The molecule has 2 aromatic rings. The van der Waals surface area contributed by atoms with Crippen LogP contribution in [0.1, 0.15) is 56.9 Å². The summed E-state index contributed by atoms with van der Waals surface area (Å²) in [5, 5.41) is 8.47. The van der Waals surface area contributed by atoms with Crippen molar-refractivity contribution in [3.05, 3.63) is 41.5 Å². The van der Waals surface area contributed by atoms with E-state index in [1.807, 2.05) is 19.1 Å². The normalized spacial score (nSPS) is 18.8. The molecule has 130 valence electrons. The maximum Gasteiger partial charge on any atom is 0.243 e. The van der Waals surface area contributed by atoms with Crippen molar-refractivity contribution in [2.24, 2.45) is 0 Å². The van der Waals surface area contributed by atoms with Gasteiger partial charge < -0.3 is 4.57 Å². The monoisotopic (exact) mass is 348 g/mol. The Labute approximate surface area is 143 Å². The van der Waals surface area contributed by atoms with E-state index in [4.69, 9.17) is 0 Å². The van der Waals surface area contributed by atoms with E-state index >= 15 is 0 Å². The zero-order chi connectivity index (χ0) is 17.5. The third kappa shape index (κ3) is 2.86. The van der Waals surface area contributed by atoms with Crippen molar-refractivity contribution in [1.82, 2.24) is 19.1 Å². The van der Waals surface area contributed by atoms with Crippen molar-refractivity contribution in [3.8, 4) is 0 Å². The maximum absolute atomic E-state index is 13.0. The molecule has 1 atom stereocenters. The van der Waals surface area contributed by atoms with E-state index in [2.05, 4.69) is 35.5 Å². The first-order valence-corrected chi connectivity index (χ1v) is 9.81. The van der Waals surface area contributed by atoms with Gasteiger partial charge in [0.2, 0.25) is 10.0 Å². The second-order valence-corrected chi connectivity index (χ2v) is 8.58. The Bertz CT molecular complexity index is 825. The van der Waals surface area contributed by atoms with Crippen LogP contribution in [0.15, 0.2) is 29.2 Å². The third-order valence-electron chi connectivity index (χ3n) is 4.50. The van der Waals surface area contributed by atoms with E-state index in [0.29, 0.717) is 17.3 Å². The minimum atomic E-state index is -3.52. The highest BCUT2D eigenvalue weighted by Gasteiger charge is 2.34. The first-order chi connectivity index (χ1) is 11.3. The molecule has 6 nitrogen and oxygen atoms in total. The molecule has 0 saturated heterocycles. The lowest BCUT2D eigenvalue weighted by molar-refractivity contribution is 0.286. The highest BCUT2D eigenvalue weighted by atomic mass is 32.2. The Hall–Kier alpha value is -1.73. The van der Waals surface area contributed by atoms with E-state index in [0.717, 1.165) is 17.8 Å². The van der Waals surface area contributed by atoms with Gasteiger partial charge in [-0.25, -0.2) is 8.42 Å².